The minimum atomic E-state index is 0.646. The molecule has 1 aromatic rings. The van der Waals surface area contributed by atoms with Gasteiger partial charge in [-0.15, -0.1) is 11.6 Å². The Hall–Kier alpha value is 0.200. The topological polar surface area (TPSA) is 3.24 Å². The van der Waals surface area contributed by atoms with Gasteiger partial charge in [0.2, 0.25) is 0 Å². The molecule has 0 saturated heterocycles. The van der Waals surface area contributed by atoms with Crippen molar-refractivity contribution in [3.05, 3.63) is 33.4 Å². The summed E-state index contributed by atoms with van der Waals surface area (Å²) >= 11 is 8.24. The zero-order chi connectivity index (χ0) is 12.7. The first kappa shape index (κ1) is 15.3. The second-order valence-corrected chi connectivity index (χ2v) is 5.88. The normalized spacial score (nSPS) is 11.4. The lowest BCUT2D eigenvalue weighted by atomic mass is 10.1. The highest BCUT2D eigenvalue weighted by atomic mass is 127. The van der Waals surface area contributed by atoms with Crippen molar-refractivity contribution in [3.63, 3.8) is 0 Å². The lowest BCUT2D eigenvalue weighted by molar-refractivity contribution is 0.188. The van der Waals surface area contributed by atoms with Crippen molar-refractivity contribution in [2.24, 2.45) is 0 Å². The van der Waals surface area contributed by atoms with E-state index in [9.17, 15) is 0 Å². The predicted molar refractivity (Wildman–Crippen MR) is 84.7 cm³/mol. The molecule has 0 unspecified atom stereocenters. The number of rotatable bonds is 7. The van der Waals surface area contributed by atoms with Crippen molar-refractivity contribution < 1.29 is 0 Å². The molecule has 0 aliphatic heterocycles. The Kier molecular flexibility index (Phi) is 7.47. The van der Waals surface area contributed by atoms with Gasteiger partial charge in [0.15, 0.2) is 0 Å². The third-order valence-corrected chi connectivity index (χ3v) is 4.02. The Morgan fingerprint density at radius 2 is 1.76 bits per heavy atom. The maximum Gasteiger partial charge on any atom is 0.0351 e. The van der Waals surface area contributed by atoms with Crippen LogP contribution in [-0.2, 0) is 6.54 Å². The average molecular weight is 366 g/mol. The first-order chi connectivity index (χ1) is 8.21. The van der Waals surface area contributed by atoms with Gasteiger partial charge in [-0.25, -0.2) is 0 Å². The summed E-state index contributed by atoms with van der Waals surface area (Å²) < 4.78 is 1.29. The van der Waals surface area contributed by atoms with Crippen molar-refractivity contribution in [2.45, 2.75) is 39.3 Å². The molecule has 0 radical (unpaired) electrons. The molecule has 1 aromatic carbocycles. The molecule has 0 aromatic heterocycles. The Balaban J connectivity index is 2.68. The van der Waals surface area contributed by atoms with Crippen LogP contribution in [0.2, 0.25) is 0 Å². The van der Waals surface area contributed by atoms with E-state index in [1.807, 2.05) is 0 Å². The summed E-state index contributed by atoms with van der Waals surface area (Å²) in [6.45, 7) is 6.49. The molecular formula is C14H21ClIN. The summed E-state index contributed by atoms with van der Waals surface area (Å²) in [6, 6.07) is 9.41. The highest BCUT2D eigenvalue weighted by Crippen LogP contribution is 2.15. The highest BCUT2D eigenvalue weighted by Gasteiger charge is 2.14. The number of halogens is 2. The molecule has 0 atom stereocenters. The highest BCUT2D eigenvalue weighted by molar-refractivity contribution is 14.1. The third kappa shape index (κ3) is 5.14. The van der Waals surface area contributed by atoms with Crippen molar-refractivity contribution in [2.75, 3.05) is 12.4 Å². The Morgan fingerprint density at radius 3 is 2.24 bits per heavy atom. The van der Waals surface area contributed by atoms with Crippen LogP contribution in [0.15, 0.2) is 24.3 Å². The van der Waals surface area contributed by atoms with Gasteiger partial charge in [0.25, 0.3) is 0 Å². The van der Waals surface area contributed by atoms with Crippen molar-refractivity contribution >= 4 is 34.2 Å². The molecule has 0 N–H and O–H groups in total. The molecule has 1 rings (SSSR count). The molecule has 1 nitrogen and oxygen atoms in total. The summed E-state index contributed by atoms with van der Waals surface area (Å²) in [7, 11) is 0. The number of hydrogen-bond acceptors (Lipinski definition) is 1. The Labute approximate surface area is 124 Å². The second kappa shape index (κ2) is 8.33. The zero-order valence-corrected chi connectivity index (χ0v) is 13.5. The van der Waals surface area contributed by atoms with Gasteiger partial charge in [0.1, 0.15) is 0 Å². The number of hydrogen-bond donors (Lipinski definition) is 0. The molecule has 96 valence electrons. The van der Waals surface area contributed by atoms with E-state index >= 15 is 0 Å². The minimum absolute atomic E-state index is 0.646. The van der Waals surface area contributed by atoms with E-state index in [1.54, 1.807) is 0 Å². The van der Waals surface area contributed by atoms with E-state index < -0.39 is 0 Å². The standard InChI is InChI=1S/C14H21ClIN/c1-3-14(4-2)17(10-9-15)11-12-5-7-13(16)8-6-12/h5-8,14H,3-4,9-11H2,1-2H3. The molecule has 0 amide bonds. The fourth-order valence-electron chi connectivity index (χ4n) is 2.13. The Bertz CT molecular complexity index is 309. The lowest BCUT2D eigenvalue weighted by Gasteiger charge is -2.29. The molecule has 0 spiro atoms. The maximum absolute atomic E-state index is 5.90. The molecule has 3 heteroatoms. The summed E-state index contributed by atoms with van der Waals surface area (Å²) in [6.07, 6.45) is 2.38. The molecule has 17 heavy (non-hydrogen) atoms. The van der Waals surface area contributed by atoms with Crippen LogP contribution in [0.4, 0.5) is 0 Å². The lowest BCUT2D eigenvalue weighted by Crippen LogP contribution is -2.35. The number of alkyl halides is 1. The van der Waals surface area contributed by atoms with Crippen LogP contribution in [-0.4, -0.2) is 23.4 Å². The molecule has 0 aliphatic carbocycles. The van der Waals surface area contributed by atoms with Crippen molar-refractivity contribution in [3.8, 4) is 0 Å². The minimum Gasteiger partial charge on any atom is -0.295 e. The molecule has 0 saturated carbocycles. The summed E-state index contributed by atoms with van der Waals surface area (Å²) in [5, 5.41) is 0. The van der Waals surface area contributed by atoms with Gasteiger partial charge in [0.05, 0.1) is 0 Å². The fraction of sp³-hybridized carbons (Fsp3) is 0.571. The van der Waals surface area contributed by atoms with Gasteiger partial charge in [-0.05, 0) is 53.1 Å². The van der Waals surface area contributed by atoms with E-state index in [-0.39, 0.29) is 0 Å². The van der Waals surface area contributed by atoms with E-state index in [4.69, 9.17) is 11.6 Å². The molecular weight excluding hydrogens is 345 g/mol. The zero-order valence-electron chi connectivity index (χ0n) is 10.6. The summed E-state index contributed by atoms with van der Waals surface area (Å²) in [5.41, 5.74) is 1.38. The SMILES string of the molecule is CCC(CC)N(CCCl)Cc1ccc(I)cc1. The van der Waals surface area contributed by atoms with Gasteiger partial charge in [-0.3, -0.25) is 4.90 Å². The van der Waals surface area contributed by atoms with Gasteiger partial charge in [0, 0.05) is 28.6 Å². The van der Waals surface area contributed by atoms with Gasteiger partial charge in [-0.2, -0.15) is 0 Å². The van der Waals surface area contributed by atoms with Crippen LogP contribution in [0.3, 0.4) is 0 Å². The maximum atomic E-state index is 5.90. The summed E-state index contributed by atoms with van der Waals surface area (Å²) in [4.78, 5) is 2.50. The van der Waals surface area contributed by atoms with Crippen molar-refractivity contribution in [1.29, 1.82) is 0 Å². The Morgan fingerprint density at radius 1 is 1.18 bits per heavy atom. The number of nitrogens with zero attached hydrogens (tertiary/aromatic N) is 1. The largest absolute Gasteiger partial charge is 0.295 e. The fourth-order valence-corrected chi connectivity index (χ4v) is 2.71. The van der Waals surface area contributed by atoms with E-state index in [0.717, 1.165) is 13.1 Å². The summed E-state index contributed by atoms with van der Waals surface area (Å²) in [5.74, 6) is 0.709. The van der Waals surface area contributed by atoms with E-state index in [1.165, 1.54) is 22.0 Å². The monoisotopic (exact) mass is 365 g/mol. The van der Waals surface area contributed by atoms with Crippen LogP contribution in [0.25, 0.3) is 0 Å². The van der Waals surface area contributed by atoms with Crippen molar-refractivity contribution in [1.82, 2.24) is 4.90 Å². The average Bonchev–Trinajstić information content (AvgIpc) is 2.34. The van der Waals surface area contributed by atoms with Gasteiger partial charge in [-0.1, -0.05) is 26.0 Å². The van der Waals surface area contributed by atoms with Crippen LogP contribution in [0.1, 0.15) is 32.3 Å². The van der Waals surface area contributed by atoms with Crippen LogP contribution in [0.5, 0.6) is 0 Å². The molecule has 0 fully saturated rings. The van der Waals surface area contributed by atoms with Crippen LogP contribution in [0, 0.1) is 3.57 Å². The third-order valence-electron chi connectivity index (χ3n) is 3.13. The van der Waals surface area contributed by atoms with Crippen LogP contribution >= 0.6 is 34.2 Å². The molecule has 0 heterocycles. The van der Waals surface area contributed by atoms with Gasteiger partial charge >= 0.3 is 0 Å². The molecule has 0 bridgehead atoms. The predicted octanol–water partition coefficient (Wildman–Crippen LogP) is 4.52. The van der Waals surface area contributed by atoms with E-state index in [2.05, 4.69) is 65.6 Å². The molecule has 0 aliphatic rings. The van der Waals surface area contributed by atoms with Gasteiger partial charge < -0.3 is 0 Å². The first-order valence-corrected chi connectivity index (χ1v) is 7.87. The smallest absolute Gasteiger partial charge is 0.0351 e. The second-order valence-electron chi connectivity index (χ2n) is 4.26. The quantitative estimate of drug-likeness (QED) is 0.507. The van der Waals surface area contributed by atoms with E-state index in [0.29, 0.717) is 11.9 Å². The number of benzene rings is 1. The van der Waals surface area contributed by atoms with Crippen LogP contribution < -0.4 is 0 Å². The first-order valence-electron chi connectivity index (χ1n) is 6.25.